The van der Waals surface area contributed by atoms with E-state index in [0.717, 1.165) is 5.56 Å². The van der Waals surface area contributed by atoms with Gasteiger partial charge >= 0.3 is 0 Å². The molecule has 0 bridgehead atoms. The molecule has 0 spiro atoms. The van der Waals surface area contributed by atoms with Crippen molar-refractivity contribution in [2.75, 3.05) is 13.7 Å². The number of carbonyl (C=O) groups excluding carboxylic acids is 1. The summed E-state index contributed by atoms with van der Waals surface area (Å²) in [6.45, 7) is 4.19. The van der Waals surface area contributed by atoms with Gasteiger partial charge in [-0.05, 0) is 19.4 Å². The largest absolute Gasteiger partial charge is 0.383 e. The van der Waals surface area contributed by atoms with Gasteiger partial charge < -0.3 is 15.8 Å². The van der Waals surface area contributed by atoms with Crippen LogP contribution < -0.4 is 11.1 Å². The monoisotopic (exact) mass is 236 g/mol. The zero-order valence-electron chi connectivity index (χ0n) is 10.6. The van der Waals surface area contributed by atoms with E-state index in [9.17, 15) is 4.79 Å². The summed E-state index contributed by atoms with van der Waals surface area (Å²) in [4.78, 5) is 11.7. The van der Waals surface area contributed by atoms with Crippen molar-refractivity contribution in [1.82, 2.24) is 5.32 Å². The third-order valence-electron chi connectivity index (χ3n) is 2.58. The Bertz CT molecular complexity index is 379. The van der Waals surface area contributed by atoms with Gasteiger partial charge in [0.25, 0.3) is 0 Å². The maximum atomic E-state index is 11.7. The van der Waals surface area contributed by atoms with Crippen molar-refractivity contribution in [3.05, 3.63) is 35.4 Å². The molecule has 0 aliphatic rings. The number of benzene rings is 1. The molecule has 3 N–H and O–H groups in total. The Morgan fingerprint density at radius 3 is 2.82 bits per heavy atom. The Hall–Kier alpha value is -1.39. The van der Waals surface area contributed by atoms with Crippen molar-refractivity contribution in [1.29, 1.82) is 0 Å². The second kappa shape index (κ2) is 6.37. The molecule has 17 heavy (non-hydrogen) atoms. The fourth-order valence-corrected chi connectivity index (χ4v) is 1.60. The van der Waals surface area contributed by atoms with Gasteiger partial charge in [0.15, 0.2) is 0 Å². The number of carbonyl (C=O) groups is 1. The quantitative estimate of drug-likeness (QED) is 0.806. The molecule has 4 heteroatoms. The van der Waals surface area contributed by atoms with Gasteiger partial charge in [-0.15, -0.1) is 0 Å². The highest BCUT2D eigenvalue weighted by Gasteiger charge is 2.16. The minimum atomic E-state index is -0.618. The van der Waals surface area contributed by atoms with Crippen molar-refractivity contribution in [3.63, 3.8) is 0 Å². The Balaban J connectivity index is 2.60. The van der Waals surface area contributed by atoms with Crippen LogP contribution in [-0.2, 0) is 9.53 Å². The maximum absolute atomic E-state index is 11.7. The topological polar surface area (TPSA) is 64.3 Å². The molecule has 0 radical (unpaired) electrons. The van der Waals surface area contributed by atoms with E-state index in [1.165, 1.54) is 12.7 Å². The van der Waals surface area contributed by atoms with Crippen LogP contribution in [0.3, 0.4) is 0 Å². The van der Waals surface area contributed by atoms with Gasteiger partial charge in [0.05, 0.1) is 12.6 Å². The van der Waals surface area contributed by atoms with E-state index in [2.05, 4.69) is 5.32 Å². The number of amides is 1. The number of hydrogen-bond donors (Lipinski definition) is 2. The molecule has 4 nitrogen and oxygen atoms in total. The Morgan fingerprint density at radius 2 is 2.24 bits per heavy atom. The summed E-state index contributed by atoms with van der Waals surface area (Å²) < 4.78 is 4.85. The Labute approximate surface area is 102 Å². The minimum Gasteiger partial charge on any atom is -0.383 e. The molecule has 0 heterocycles. The van der Waals surface area contributed by atoms with Crippen LogP contribution in [0.2, 0.25) is 0 Å². The van der Waals surface area contributed by atoms with E-state index in [4.69, 9.17) is 10.5 Å². The highest BCUT2D eigenvalue weighted by atomic mass is 16.5. The van der Waals surface area contributed by atoms with Gasteiger partial charge in [0.1, 0.15) is 6.04 Å². The normalized spacial score (nSPS) is 14.1. The van der Waals surface area contributed by atoms with E-state index in [0.29, 0.717) is 0 Å². The summed E-state index contributed by atoms with van der Waals surface area (Å²) in [5, 5.41) is 2.86. The van der Waals surface area contributed by atoms with Crippen LogP contribution in [0.1, 0.15) is 24.1 Å². The van der Waals surface area contributed by atoms with Crippen LogP contribution in [0.15, 0.2) is 24.3 Å². The summed E-state index contributed by atoms with van der Waals surface area (Å²) in [6.07, 6.45) is 0. The molecule has 1 aromatic rings. The molecular weight excluding hydrogens is 216 g/mol. The van der Waals surface area contributed by atoms with Crippen LogP contribution in [0.4, 0.5) is 0 Å². The van der Waals surface area contributed by atoms with E-state index < -0.39 is 6.04 Å². The van der Waals surface area contributed by atoms with Crippen molar-refractivity contribution in [3.8, 4) is 0 Å². The van der Waals surface area contributed by atoms with Crippen molar-refractivity contribution in [2.45, 2.75) is 25.9 Å². The lowest BCUT2D eigenvalue weighted by atomic mass is 10.1. The molecule has 0 aromatic heterocycles. The number of nitrogens with one attached hydrogen (secondary N) is 1. The van der Waals surface area contributed by atoms with Crippen LogP contribution in [0, 0.1) is 6.92 Å². The van der Waals surface area contributed by atoms with E-state index in [1.54, 1.807) is 0 Å². The van der Waals surface area contributed by atoms with Crippen LogP contribution in [0.5, 0.6) is 0 Å². The first kappa shape index (κ1) is 13.7. The summed E-state index contributed by atoms with van der Waals surface area (Å²) in [5.41, 5.74) is 7.89. The summed E-state index contributed by atoms with van der Waals surface area (Å²) in [5.74, 6) is -0.194. The molecule has 1 rings (SSSR count). The van der Waals surface area contributed by atoms with E-state index in [1.807, 2.05) is 38.1 Å². The van der Waals surface area contributed by atoms with E-state index in [-0.39, 0.29) is 18.6 Å². The minimum absolute atomic E-state index is 0.0506. The molecule has 0 saturated heterocycles. The van der Waals surface area contributed by atoms with Gasteiger partial charge in [-0.1, -0.05) is 29.8 Å². The lowest BCUT2D eigenvalue weighted by Gasteiger charge is -2.17. The predicted octanol–water partition coefficient (Wildman–Crippen LogP) is 1.15. The summed E-state index contributed by atoms with van der Waals surface area (Å²) >= 11 is 0. The molecule has 94 valence electrons. The molecule has 1 amide bonds. The second-order valence-electron chi connectivity index (χ2n) is 4.21. The van der Waals surface area contributed by atoms with Gasteiger partial charge in [-0.3, -0.25) is 4.79 Å². The van der Waals surface area contributed by atoms with Gasteiger partial charge in [-0.2, -0.15) is 0 Å². The number of methoxy groups -OCH3 is 1. The summed E-state index contributed by atoms with van der Waals surface area (Å²) in [7, 11) is 1.52. The smallest absolute Gasteiger partial charge is 0.239 e. The number of rotatable bonds is 5. The third-order valence-corrected chi connectivity index (χ3v) is 2.58. The predicted molar refractivity (Wildman–Crippen MR) is 67.6 cm³/mol. The molecule has 0 fully saturated rings. The maximum Gasteiger partial charge on any atom is 0.239 e. The number of aryl methyl sites for hydroxylation is 1. The third kappa shape index (κ3) is 4.17. The second-order valence-corrected chi connectivity index (χ2v) is 4.21. The van der Waals surface area contributed by atoms with Gasteiger partial charge in [0, 0.05) is 7.11 Å². The van der Waals surface area contributed by atoms with Crippen molar-refractivity contribution < 1.29 is 9.53 Å². The lowest BCUT2D eigenvalue weighted by molar-refractivity contribution is -0.124. The molecule has 0 aliphatic heterocycles. The molecule has 0 aliphatic carbocycles. The first-order valence-electron chi connectivity index (χ1n) is 5.66. The van der Waals surface area contributed by atoms with Crippen molar-refractivity contribution >= 4 is 5.91 Å². The van der Waals surface area contributed by atoms with Gasteiger partial charge in [0.2, 0.25) is 5.91 Å². The van der Waals surface area contributed by atoms with Crippen LogP contribution >= 0.6 is 0 Å². The highest BCUT2D eigenvalue weighted by Crippen LogP contribution is 2.13. The van der Waals surface area contributed by atoms with Gasteiger partial charge in [-0.25, -0.2) is 0 Å². The zero-order chi connectivity index (χ0) is 12.8. The van der Waals surface area contributed by atoms with Crippen LogP contribution in [0.25, 0.3) is 0 Å². The average molecular weight is 236 g/mol. The average Bonchev–Trinajstić information content (AvgIpc) is 2.29. The SMILES string of the molecule is COCC(N)C(=O)N[C@@H](C)c1cccc(C)c1. The van der Waals surface area contributed by atoms with Crippen LogP contribution in [-0.4, -0.2) is 25.7 Å². The Kier molecular flexibility index (Phi) is 5.12. The molecule has 0 saturated carbocycles. The molecule has 1 aromatic carbocycles. The summed E-state index contributed by atoms with van der Waals surface area (Å²) in [6, 6.07) is 7.36. The van der Waals surface area contributed by atoms with Crippen molar-refractivity contribution in [2.24, 2.45) is 5.73 Å². The van der Waals surface area contributed by atoms with E-state index >= 15 is 0 Å². The molecule has 1 unspecified atom stereocenters. The molecule has 2 atom stereocenters. The number of nitrogens with two attached hydrogens (primary N) is 1. The lowest BCUT2D eigenvalue weighted by Crippen LogP contribution is -2.44. The highest BCUT2D eigenvalue weighted by molar-refractivity contribution is 5.82. The first-order chi connectivity index (χ1) is 8.04. The zero-order valence-corrected chi connectivity index (χ0v) is 10.6. The fraction of sp³-hybridized carbons (Fsp3) is 0.462. The standard InChI is InChI=1S/C13H20N2O2/c1-9-5-4-6-11(7-9)10(2)15-13(16)12(14)8-17-3/h4-7,10,12H,8,14H2,1-3H3,(H,15,16)/t10-,12?/m0/s1. The Morgan fingerprint density at radius 1 is 1.53 bits per heavy atom. The number of hydrogen-bond acceptors (Lipinski definition) is 3. The molecular formula is C13H20N2O2. The fourth-order valence-electron chi connectivity index (χ4n) is 1.60. The first-order valence-corrected chi connectivity index (χ1v) is 5.66. The number of ether oxygens (including phenoxy) is 1.